The van der Waals surface area contributed by atoms with Crippen LogP contribution in [0, 0.1) is 13.8 Å². The summed E-state index contributed by atoms with van der Waals surface area (Å²) in [5.74, 6) is -1.000. The number of rotatable bonds is 4. The highest BCUT2D eigenvalue weighted by Crippen LogP contribution is 2.33. The quantitative estimate of drug-likeness (QED) is 0.668. The minimum absolute atomic E-state index is 0.404. The highest BCUT2D eigenvalue weighted by Gasteiger charge is 2.50. The molecule has 146 valence electrons. The molecule has 1 heterocycles. The first-order valence-corrected chi connectivity index (χ1v) is 9.76. The fourth-order valence-electron chi connectivity index (χ4n) is 3.29. The lowest BCUT2D eigenvalue weighted by atomic mass is 9.92. The summed E-state index contributed by atoms with van der Waals surface area (Å²) in [6.45, 7) is 4.94. The Kier molecular flexibility index (Phi) is 5.50. The standard InChI is InChI=1S/C20H19BrClN3O3/c1-11-8-12(2)17(15(22)9-11)23-16(26)10-25-18(27)20(3,24-19(25)28)13-6-4-5-7-14(13)21/h4-9H,10H2,1-3H3,(H,23,26)(H,24,28)/t20-/m1/s1. The van der Waals surface area contributed by atoms with E-state index in [-0.39, 0.29) is 0 Å². The number of hydrogen-bond donors (Lipinski definition) is 2. The van der Waals surface area contributed by atoms with Gasteiger partial charge in [-0.2, -0.15) is 0 Å². The summed E-state index contributed by atoms with van der Waals surface area (Å²) in [4.78, 5) is 38.8. The summed E-state index contributed by atoms with van der Waals surface area (Å²) >= 11 is 9.63. The van der Waals surface area contributed by atoms with Crippen LogP contribution in [0.2, 0.25) is 5.02 Å². The molecule has 0 spiro atoms. The van der Waals surface area contributed by atoms with Crippen molar-refractivity contribution in [3.05, 3.63) is 62.6 Å². The monoisotopic (exact) mass is 463 g/mol. The molecule has 0 saturated carbocycles. The summed E-state index contributed by atoms with van der Waals surface area (Å²) in [6, 6.07) is 10.1. The number of amides is 4. The van der Waals surface area contributed by atoms with Crippen molar-refractivity contribution >= 4 is 51.1 Å². The van der Waals surface area contributed by atoms with Gasteiger partial charge in [-0.3, -0.25) is 14.5 Å². The molecular weight excluding hydrogens is 446 g/mol. The van der Waals surface area contributed by atoms with Crippen molar-refractivity contribution in [2.24, 2.45) is 0 Å². The van der Waals surface area contributed by atoms with Crippen molar-refractivity contribution in [1.82, 2.24) is 10.2 Å². The zero-order chi connectivity index (χ0) is 20.6. The second-order valence-corrected chi connectivity index (χ2v) is 8.17. The van der Waals surface area contributed by atoms with Crippen LogP contribution in [0.25, 0.3) is 0 Å². The zero-order valence-corrected chi connectivity index (χ0v) is 17.9. The van der Waals surface area contributed by atoms with Gasteiger partial charge in [-0.1, -0.05) is 51.8 Å². The van der Waals surface area contributed by atoms with Gasteiger partial charge in [0.2, 0.25) is 5.91 Å². The maximum atomic E-state index is 13.0. The molecule has 2 aromatic rings. The summed E-state index contributed by atoms with van der Waals surface area (Å²) in [6.07, 6.45) is 0. The van der Waals surface area contributed by atoms with E-state index in [1.54, 1.807) is 31.2 Å². The van der Waals surface area contributed by atoms with E-state index in [1.165, 1.54) is 0 Å². The largest absolute Gasteiger partial charge is 0.325 e. The predicted molar refractivity (Wildman–Crippen MR) is 111 cm³/mol. The van der Waals surface area contributed by atoms with E-state index in [1.807, 2.05) is 26.0 Å². The van der Waals surface area contributed by atoms with Gasteiger partial charge in [0.05, 0.1) is 10.7 Å². The molecule has 28 heavy (non-hydrogen) atoms. The maximum Gasteiger partial charge on any atom is 0.325 e. The Morgan fingerprint density at radius 2 is 1.93 bits per heavy atom. The van der Waals surface area contributed by atoms with Crippen LogP contribution in [0.1, 0.15) is 23.6 Å². The third-order valence-electron chi connectivity index (χ3n) is 4.69. The van der Waals surface area contributed by atoms with Crippen molar-refractivity contribution < 1.29 is 14.4 Å². The van der Waals surface area contributed by atoms with E-state index >= 15 is 0 Å². The molecule has 8 heteroatoms. The lowest BCUT2D eigenvalue weighted by Crippen LogP contribution is -2.42. The van der Waals surface area contributed by atoms with Crippen molar-refractivity contribution in [1.29, 1.82) is 0 Å². The summed E-state index contributed by atoms with van der Waals surface area (Å²) in [5, 5.41) is 5.79. The van der Waals surface area contributed by atoms with Gasteiger partial charge in [0.1, 0.15) is 12.1 Å². The number of nitrogens with one attached hydrogen (secondary N) is 2. The molecule has 1 aliphatic heterocycles. The Labute approximate surface area is 176 Å². The number of carbonyl (C=O) groups excluding carboxylic acids is 3. The van der Waals surface area contributed by atoms with E-state index in [9.17, 15) is 14.4 Å². The molecule has 1 saturated heterocycles. The molecule has 0 aromatic heterocycles. The molecule has 0 radical (unpaired) electrons. The average Bonchev–Trinajstić information content (AvgIpc) is 2.82. The molecule has 2 aromatic carbocycles. The molecule has 6 nitrogen and oxygen atoms in total. The van der Waals surface area contributed by atoms with Crippen molar-refractivity contribution in [2.45, 2.75) is 26.3 Å². The van der Waals surface area contributed by atoms with Crippen LogP contribution in [0.3, 0.4) is 0 Å². The van der Waals surface area contributed by atoms with Gasteiger partial charge in [-0.25, -0.2) is 4.79 Å². The first-order chi connectivity index (χ1) is 13.1. The van der Waals surface area contributed by atoms with Crippen LogP contribution in [-0.4, -0.2) is 29.3 Å². The van der Waals surface area contributed by atoms with E-state index in [4.69, 9.17) is 11.6 Å². The number of imide groups is 1. The summed E-state index contributed by atoms with van der Waals surface area (Å²) in [7, 11) is 0. The second kappa shape index (κ2) is 7.56. The lowest BCUT2D eigenvalue weighted by Gasteiger charge is -2.23. The van der Waals surface area contributed by atoms with Gasteiger partial charge in [0, 0.05) is 10.0 Å². The molecule has 0 bridgehead atoms. The number of anilines is 1. The number of carbonyl (C=O) groups is 3. The highest BCUT2D eigenvalue weighted by atomic mass is 79.9. The lowest BCUT2D eigenvalue weighted by molar-refractivity contribution is -0.133. The fraction of sp³-hybridized carbons (Fsp3) is 0.250. The Bertz CT molecular complexity index is 971. The van der Waals surface area contributed by atoms with Gasteiger partial charge in [0.25, 0.3) is 5.91 Å². The first-order valence-electron chi connectivity index (χ1n) is 8.59. The van der Waals surface area contributed by atoms with E-state index < -0.39 is 29.9 Å². The molecule has 1 fully saturated rings. The van der Waals surface area contributed by atoms with Gasteiger partial charge in [0.15, 0.2) is 0 Å². The van der Waals surface area contributed by atoms with E-state index in [0.29, 0.717) is 20.7 Å². The van der Waals surface area contributed by atoms with Crippen LogP contribution in [-0.2, 0) is 15.1 Å². The molecule has 1 aliphatic rings. The number of benzene rings is 2. The number of hydrogen-bond acceptors (Lipinski definition) is 3. The minimum atomic E-state index is -1.26. The molecule has 0 aliphatic carbocycles. The van der Waals surface area contributed by atoms with E-state index in [0.717, 1.165) is 16.0 Å². The minimum Gasteiger partial charge on any atom is -0.323 e. The maximum absolute atomic E-state index is 13.0. The van der Waals surface area contributed by atoms with Crippen LogP contribution >= 0.6 is 27.5 Å². The number of aryl methyl sites for hydroxylation is 2. The smallest absolute Gasteiger partial charge is 0.323 e. The summed E-state index contributed by atoms with van der Waals surface area (Å²) in [5.41, 5.74) is 1.61. The zero-order valence-electron chi connectivity index (χ0n) is 15.6. The van der Waals surface area contributed by atoms with Gasteiger partial charge < -0.3 is 10.6 Å². The van der Waals surface area contributed by atoms with Crippen molar-refractivity contribution in [3.8, 4) is 0 Å². The van der Waals surface area contributed by atoms with E-state index in [2.05, 4.69) is 26.6 Å². The van der Waals surface area contributed by atoms with Gasteiger partial charge >= 0.3 is 6.03 Å². The second-order valence-electron chi connectivity index (χ2n) is 6.91. The topological polar surface area (TPSA) is 78.5 Å². The van der Waals surface area contributed by atoms with Crippen LogP contribution in [0.15, 0.2) is 40.9 Å². The number of urea groups is 1. The molecule has 3 rings (SSSR count). The Balaban J connectivity index is 1.80. The van der Waals surface area contributed by atoms with Gasteiger partial charge in [-0.05, 0) is 44.0 Å². The third kappa shape index (κ3) is 3.64. The molecule has 0 unspecified atom stereocenters. The van der Waals surface area contributed by atoms with Crippen LogP contribution in [0.4, 0.5) is 10.5 Å². The number of nitrogens with zero attached hydrogens (tertiary/aromatic N) is 1. The molecule has 2 N–H and O–H groups in total. The number of halogens is 2. The fourth-order valence-corrected chi connectivity index (χ4v) is 4.34. The molecule has 4 amide bonds. The van der Waals surface area contributed by atoms with Crippen molar-refractivity contribution in [3.63, 3.8) is 0 Å². The molecule has 1 atom stereocenters. The Hall–Kier alpha value is -2.38. The van der Waals surface area contributed by atoms with Crippen LogP contribution in [0.5, 0.6) is 0 Å². The average molecular weight is 465 g/mol. The first kappa shape index (κ1) is 20.4. The SMILES string of the molecule is Cc1cc(C)c(NC(=O)CN2C(=O)N[C@](C)(c3ccccc3Br)C2=O)c(Cl)c1. The Morgan fingerprint density at radius 3 is 2.57 bits per heavy atom. The molecular formula is C20H19BrClN3O3. The summed E-state index contributed by atoms with van der Waals surface area (Å²) < 4.78 is 0.694. The normalized spacial score (nSPS) is 19.0. The predicted octanol–water partition coefficient (Wildman–Crippen LogP) is 4.13. The highest BCUT2D eigenvalue weighted by molar-refractivity contribution is 9.10. The third-order valence-corrected chi connectivity index (χ3v) is 5.67. The van der Waals surface area contributed by atoms with Crippen LogP contribution < -0.4 is 10.6 Å². The Morgan fingerprint density at radius 1 is 1.25 bits per heavy atom. The van der Waals surface area contributed by atoms with Gasteiger partial charge in [-0.15, -0.1) is 0 Å². The van der Waals surface area contributed by atoms with Crippen molar-refractivity contribution in [2.75, 3.05) is 11.9 Å².